The Morgan fingerprint density at radius 2 is 1.70 bits per heavy atom. The minimum Gasteiger partial charge on any atom is -0.396 e. The highest BCUT2D eigenvalue weighted by Crippen LogP contribution is 2.17. The summed E-state index contributed by atoms with van der Waals surface area (Å²) in [5, 5.41) is 13.8. The van der Waals surface area contributed by atoms with E-state index in [0.29, 0.717) is 0 Å². The molecule has 0 aromatic heterocycles. The summed E-state index contributed by atoms with van der Waals surface area (Å²) in [5.41, 5.74) is 2.97. The van der Waals surface area contributed by atoms with Crippen LogP contribution >= 0.6 is 0 Å². The van der Waals surface area contributed by atoms with Gasteiger partial charge < -0.3 is 15.7 Å². The number of hydrogen-bond acceptors (Lipinski definition) is 5. The molecule has 0 saturated heterocycles. The molecule has 33 heavy (non-hydrogen) atoms. The van der Waals surface area contributed by atoms with Crippen molar-refractivity contribution in [2.75, 3.05) is 18.5 Å². The van der Waals surface area contributed by atoms with Crippen LogP contribution < -0.4 is 10.6 Å². The van der Waals surface area contributed by atoms with Gasteiger partial charge in [0.1, 0.15) is 6.54 Å². The Bertz CT molecular complexity index is 1020. The SMILES string of the molecule is CC.CC(=O)Nc1ccc(CCCO)cc1.Cc1ccc(S(=O)(=O)N2C=CNC(=O)C2)cc1. The number of nitrogens with zero attached hydrogens (tertiary/aromatic N) is 1. The zero-order valence-electron chi connectivity index (χ0n) is 19.5. The zero-order valence-corrected chi connectivity index (χ0v) is 20.4. The predicted molar refractivity (Wildman–Crippen MR) is 130 cm³/mol. The van der Waals surface area contributed by atoms with Crippen LogP contribution in [-0.2, 0) is 26.0 Å². The van der Waals surface area contributed by atoms with Gasteiger partial charge in [-0.1, -0.05) is 43.7 Å². The lowest BCUT2D eigenvalue weighted by Crippen LogP contribution is -2.39. The first-order valence-electron chi connectivity index (χ1n) is 10.7. The predicted octanol–water partition coefficient (Wildman–Crippen LogP) is 3.18. The molecule has 180 valence electrons. The molecule has 0 aliphatic carbocycles. The number of carbonyl (C=O) groups excluding carboxylic acids is 2. The number of rotatable bonds is 6. The molecule has 3 N–H and O–H groups in total. The molecule has 3 rings (SSSR count). The third kappa shape index (κ3) is 9.46. The number of amides is 2. The van der Waals surface area contributed by atoms with Gasteiger partial charge in [-0.05, 0) is 49.6 Å². The molecule has 9 heteroatoms. The first-order chi connectivity index (χ1) is 15.7. The van der Waals surface area contributed by atoms with Crippen LogP contribution in [0.3, 0.4) is 0 Å². The number of aliphatic hydroxyl groups is 1. The maximum Gasteiger partial charge on any atom is 0.264 e. The molecule has 1 aliphatic rings. The van der Waals surface area contributed by atoms with Crippen molar-refractivity contribution in [2.45, 2.75) is 45.4 Å². The molecule has 0 fully saturated rings. The second-order valence-electron chi connectivity index (χ2n) is 6.95. The van der Waals surface area contributed by atoms with E-state index in [4.69, 9.17) is 5.11 Å². The Morgan fingerprint density at radius 3 is 2.21 bits per heavy atom. The molecule has 2 amide bonds. The number of carbonyl (C=O) groups is 2. The van der Waals surface area contributed by atoms with Gasteiger partial charge >= 0.3 is 0 Å². The molecule has 0 atom stereocenters. The summed E-state index contributed by atoms with van der Waals surface area (Å²) in [4.78, 5) is 22.0. The van der Waals surface area contributed by atoms with Gasteiger partial charge in [-0.3, -0.25) is 13.9 Å². The molecule has 2 aromatic carbocycles. The van der Waals surface area contributed by atoms with Crippen molar-refractivity contribution in [1.29, 1.82) is 0 Å². The highest BCUT2D eigenvalue weighted by molar-refractivity contribution is 7.89. The Hall–Kier alpha value is -3.17. The van der Waals surface area contributed by atoms with Crippen molar-refractivity contribution in [3.63, 3.8) is 0 Å². The molecule has 0 bridgehead atoms. The maximum atomic E-state index is 12.1. The molecule has 1 heterocycles. The fourth-order valence-electron chi connectivity index (χ4n) is 2.71. The topological polar surface area (TPSA) is 116 Å². The lowest BCUT2D eigenvalue weighted by molar-refractivity contribution is -0.120. The van der Waals surface area contributed by atoms with E-state index in [1.807, 2.05) is 45.0 Å². The molecule has 1 aliphatic heterocycles. The molecule has 8 nitrogen and oxygen atoms in total. The van der Waals surface area contributed by atoms with Gasteiger partial charge in [0.05, 0.1) is 4.90 Å². The first kappa shape index (κ1) is 27.9. The molecular weight excluding hydrogens is 442 g/mol. The van der Waals surface area contributed by atoms with Gasteiger partial charge in [-0.25, -0.2) is 8.42 Å². The van der Waals surface area contributed by atoms with Crippen molar-refractivity contribution < 1.29 is 23.1 Å². The van der Waals surface area contributed by atoms with Crippen LogP contribution in [0.5, 0.6) is 0 Å². The van der Waals surface area contributed by atoms with Gasteiger partial charge in [0.2, 0.25) is 11.8 Å². The molecular formula is C24H33N3O5S. The van der Waals surface area contributed by atoms with Crippen LogP contribution in [0.1, 0.15) is 38.3 Å². The number of benzene rings is 2. The van der Waals surface area contributed by atoms with Gasteiger partial charge in [-0.2, -0.15) is 0 Å². The summed E-state index contributed by atoms with van der Waals surface area (Å²) >= 11 is 0. The fourth-order valence-corrected chi connectivity index (χ4v) is 3.96. The molecule has 0 unspecified atom stereocenters. The summed E-state index contributed by atoms with van der Waals surface area (Å²) < 4.78 is 25.3. The van der Waals surface area contributed by atoms with Crippen LogP contribution in [0.2, 0.25) is 0 Å². The normalized spacial score (nSPS) is 12.5. The average Bonchev–Trinajstić information content (AvgIpc) is 2.80. The first-order valence-corrected chi connectivity index (χ1v) is 12.2. The molecule has 2 aromatic rings. The zero-order chi connectivity index (χ0) is 24.9. The highest BCUT2D eigenvalue weighted by atomic mass is 32.2. The number of aliphatic hydroxyl groups excluding tert-OH is 1. The van der Waals surface area contributed by atoms with Crippen molar-refractivity contribution in [3.05, 3.63) is 72.1 Å². The highest BCUT2D eigenvalue weighted by Gasteiger charge is 2.25. The van der Waals surface area contributed by atoms with E-state index in [1.165, 1.54) is 37.0 Å². The second kappa shape index (κ2) is 14.1. The minimum atomic E-state index is -3.63. The Labute approximate surface area is 196 Å². The van der Waals surface area contributed by atoms with Gasteiger partial charge in [0.15, 0.2) is 0 Å². The average molecular weight is 476 g/mol. The monoisotopic (exact) mass is 475 g/mol. The van der Waals surface area contributed by atoms with E-state index in [1.54, 1.807) is 12.1 Å². The van der Waals surface area contributed by atoms with Crippen molar-refractivity contribution >= 4 is 27.5 Å². The molecule has 0 spiro atoms. The van der Waals surface area contributed by atoms with E-state index >= 15 is 0 Å². The number of aryl methyl sites for hydroxylation is 2. The number of hydrogen-bond donors (Lipinski definition) is 3. The quantitative estimate of drug-likeness (QED) is 0.593. The molecule has 0 saturated carbocycles. The van der Waals surface area contributed by atoms with Gasteiger partial charge in [0, 0.05) is 31.6 Å². The lowest BCUT2D eigenvalue weighted by atomic mass is 10.1. The smallest absolute Gasteiger partial charge is 0.264 e. The number of nitrogens with one attached hydrogen (secondary N) is 2. The van der Waals surface area contributed by atoms with Gasteiger partial charge in [-0.15, -0.1) is 0 Å². The number of anilines is 1. The van der Waals surface area contributed by atoms with Crippen LogP contribution in [0.15, 0.2) is 65.8 Å². The van der Waals surface area contributed by atoms with E-state index in [-0.39, 0.29) is 29.9 Å². The summed E-state index contributed by atoms with van der Waals surface area (Å²) in [7, 11) is -3.63. The summed E-state index contributed by atoms with van der Waals surface area (Å²) in [6.45, 7) is 7.39. The van der Waals surface area contributed by atoms with Crippen LogP contribution in [0.25, 0.3) is 0 Å². The largest absolute Gasteiger partial charge is 0.396 e. The third-order valence-electron chi connectivity index (χ3n) is 4.31. The maximum absolute atomic E-state index is 12.1. The summed E-state index contributed by atoms with van der Waals surface area (Å²) in [5.74, 6) is -0.406. The Morgan fingerprint density at radius 1 is 1.09 bits per heavy atom. The summed E-state index contributed by atoms with van der Waals surface area (Å²) in [6, 6.07) is 14.2. The van der Waals surface area contributed by atoms with Gasteiger partial charge in [0.25, 0.3) is 10.0 Å². The van der Waals surface area contributed by atoms with Crippen molar-refractivity contribution in [1.82, 2.24) is 9.62 Å². The van der Waals surface area contributed by atoms with Crippen LogP contribution in [-0.4, -0.2) is 42.8 Å². The Balaban J connectivity index is 0.000000313. The molecule has 0 radical (unpaired) electrons. The fraction of sp³-hybridized carbons (Fsp3) is 0.333. The van der Waals surface area contributed by atoms with E-state index in [2.05, 4.69) is 10.6 Å². The Kier molecular flexibility index (Phi) is 11.9. The lowest BCUT2D eigenvalue weighted by Gasteiger charge is -2.22. The summed E-state index contributed by atoms with van der Waals surface area (Å²) in [6.07, 6.45) is 4.31. The van der Waals surface area contributed by atoms with Crippen molar-refractivity contribution in [3.8, 4) is 0 Å². The number of sulfonamides is 1. The van der Waals surface area contributed by atoms with Crippen molar-refractivity contribution in [2.24, 2.45) is 0 Å². The second-order valence-corrected chi connectivity index (χ2v) is 8.84. The third-order valence-corrected chi connectivity index (χ3v) is 6.05. The van der Waals surface area contributed by atoms with E-state index in [0.717, 1.165) is 28.4 Å². The van der Waals surface area contributed by atoms with Crippen LogP contribution in [0, 0.1) is 6.92 Å². The standard InChI is InChI=1S/C11H12N2O3S.C11H15NO2.C2H6/c1-9-2-4-10(5-3-9)17(15,16)13-7-6-12-11(14)8-13;1-9(14)12-11-6-4-10(5-7-11)3-2-8-13;1-2/h2-7H,8H2,1H3,(H,12,14);4-7,13H,2-3,8H2,1H3,(H,12,14);1-2H3. The van der Waals surface area contributed by atoms with E-state index < -0.39 is 10.0 Å². The minimum absolute atomic E-state index is 0.0619. The van der Waals surface area contributed by atoms with E-state index in [9.17, 15) is 18.0 Å². The van der Waals surface area contributed by atoms with Crippen LogP contribution in [0.4, 0.5) is 5.69 Å².